The second kappa shape index (κ2) is 11.2. The number of halogens is 1. The van der Waals surface area contributed by atoms with E-state index < -0.39 is 11.9 Å². The van der Waals surface area contributed by atoms with Gasteiger partial charge in [-0.3, -0.25) is 4.90 Å². The third kappa shape index (κ3) is 6.02. The second-order valence-electron chi connectivity index (χ2n) is 7.81. The number of benzene rings is 2. The van der Waals surface area contributed by atoms with Crippen LogP contribution in [-0.2, 0) is 6.42 Å². The van der Waals surface area contributed by atoms with Gasteiger partial charge in [-0.2, -0.15) is 0 Å². The van der Waals surface area contributed by atoms with Crippen LogP contribution in [0.1, 0.15) is 42.9 Å². The molecule has 0 spiro atoms. The lowest BCUT2D eigenvalue weighted by atomic mass is 9.99. The molecule has 1 aliphatic rings. The van der Waals surface area contributed by atoms with Crippen LogP contribution in [0.5, 0.6) is 23.0 Å². The molecule has 2 N–H and O–H groups in total. The van der Waals surface area contributed by atoms with Crippen molar-refractivity contribution in [2.45, 2.75) is 38.2 Å². The molecular formula is C24H32FNO5. The van der Waals surface area contributed by atoms with E-state index >= 15 is 0 Å². The molecule has 0 bridgehead atoms. The van der Waals surface area contributed by atoms with Gasteiger partial charge in [0.15, 0.2) is 17.3 Å². The fraction of sp³-hybridized carbons (Fsp3) is 0.500. The highest BCUT2D eigenvalue weighted by Gasteiger charge is 2.26. The summed E-state index contributed by atoms with van der Waals surface area (Å²) in [6.07, 6.45) is 3.61. The van der Waals surface area contributed by atoms with E-state index in [1.807, 2.05) is 0 Å². The number of phenolic OH excluding ortho intramolecular Hbond substituents is 1. The van der Waals surface area contributed by atoms with Crippen LogP contribution >= 0.6 is 0 Å². The molecule has 0 aliphatic carbocycles. The van der Waals surface area contributed by atoms with Gasteiger partial charge in [0.05, 0.1) is 25.9 Å². The van der Waals surface area contributed by atoms with Crippen LogP contribution < -0.4 is 14.2 Å². The highest BCUT2D eigenvalue weighted by molar-refractivity contribution is 5.56. The highest BCUT2D eigenvalue weighted by atomic mass is 19.1. The standard InChI is InChI=1S/C24H32FNO5/c1-29-21-16-19(25)23(30-2)24(31-15-14-26-12-4-3-5-13-26)22(21)20(28)11-8-17-6-9-18(27)10-7-17/h6-7,9-10,16,20,27-28H,3-5,8,11-15H2,1-2H3. The summed E-state index contributed by atoms with van der Waals surface area (Å²) in [6, 6.07) is 8.05. The molecule has 2 aromatic carbocycles. The largest absolute Gasteiger partial charge is 0.508 e. The number of nitrogens with zero attached hydrogens (tertiary/aromatic N) is 1. The lowest BCUT2D eigenvalue weighted by Gasteiger charge is -2.27. The molecule has 0 aromatic heterocycles. The topological polar surface area (TPSA) is 71.4 Å². The van der Waals surface area contributed by atoms with Gasteiger partial charge in [0.2, 0.25) is 0 Å². The molecule has 1 unspecified atom stereocenters. The van der Waals surface area contributed by atoms with E-state index in [4.69, 9.17) is 14.2 Å². The average Bonchev–Trinajstić information content (AvgIpc) is 2.79. The molecule has 2 aromatic rings. The normalized spacial score (nSPS) is 15.5. The van der Waals surface area contributed by atoms with Crippen molar-refractivity contribution in [2.75, 3.05) is 40.5 Å². The first-order valence-corrected chi connectivity index (χ1v) is 10.8. The maximum atomic E-state index is 14.6. The number of aliphatic hydroxyl groups excluding tert-OH is 1. The number of ether oxygens (including phenoxy) is 3. The van der Waals surface area contributed by atoms with Gasteiger partial charge in [-0.1, -0.05) is 18.6 Å². The molecule has 170 valence electrons. The number of likely N-dealkylation sites (tertiary alicyclic amines) is 1. The van der Waals surface area contributed by atoms with E-state index in [2.05, 4.69) is 4.90 Å². The fourth-order valence-corrected chi connectivity index (χ4v) is 3.99. The summed E-state index contributed by atoms with van der Waals surface area (Å²) >= 11 is 0. The molecule has 6 nitrogen and oxygen atoms in total. The molecular weight excluding hydrogens is 401 g/mol. The number of aliphatic hydroxyl groups is 1. The van der Waals surface area contributed by atoms with Gasteiger partial charge in [-0.25, -0.2) is 4.39 Å². The van der Waals surface area contributed by atoms with E-state index in [-0.39, 0.29) is 23.0 Å². The van der Waals surface area contributed by atoms with Crippen molar-refractivity contribution >= 4 is 0 Å². The monoisotopic (exact) mass is 433 g/mol. The van der Waals surface area contributed by atoms with Crippen LogP contribution in [0, 0.1) is 5.82 Å². The zero-order valence-corrected chi connectivity index (χ0v) is 18.3. The molecule has 1 saturated heterocycles. The van der Waals surface area contributed by atoms with Crippen molar-refractivity contribution < 1.29 is 28.8 Å². The Balaban J connectivity index is 1.79. The van der Waals surface area contributed by atoms with Crippen LogP contribution in [0.4, 0.5) is 4.39 Å². The first-order chi connectivity index (χ1) is 15.0. The Morgan fingerprint density at radius 1 is 1.03 bits per heavy atom. The molecule has 1 atom stereocenters. The number of methoxy groups -OCH3 is 2. The quantitative estimate of drug-likeness (QED) is 0.588. The van der Waals surface area contributed by atoms with Gasteiger partial charge in [-0.05, 0) is 56.5 Å². The van der Waals surface area contributed by atoms with Gasteiger partial charge < -0.3 is 24.4 Å². The summed E-state index contributed by atoms with van der Waals surface area (Å²) in [7, 11) is 2.82. The van der Waals surface area contributed by atoms with Gasteiger partial charge in [-0.15, -0.1) is 0 Å². The smallest absolute Gasteiger partial charge is 0.197 e. The number of aromatic hydroxyl groups is 1. The molecule has 31 heavy (non-hydrogen) atoms. The van der Waals surface area contributed by atoms with Crippen molar-refractivity contribution in [1.29, 1.82) is 0 Å². The Hall–Kier alpha value is -2.51. The van der Waals surface area contributed by atoms with Crippen molar-refractivity contribution in [3.63, 3.8) is 0 Å². The SMILES string of the molecule is COc1cc(F)c(OC)c(OCCN2CCCCC2)c1C(O)CCc1ccc(O)cc1. The van der Waals surface area contributed by atoms with Crippen LogP contribution in [0.25, 0.3) is 0 Å². The molecule has 0 amide bonds. The van der Waals surface area contributed by atoms with E-state index in [1.54, 1.807) is 24.3 Å². The minimum Gasteiger partial charge on any atom is -0.508 e. The van der Waals surface area contributed by atoms with Gasteiger partial charge in [0.25, 0.3) is 0 Å². The number of rotatable bonds is 10. The predicted molar refractivity (Wildman–Crippen MR) is 117 cm³/mol. The number of aryl methyl sites for hydroxylation is 1. The van der Waals surface area contributed by atoms with E-state index in [0.717, 1.165) is 25.2 Å². The summed E-state index contributed by atoms with van der Waals surface area (Å²) in [6.45, 7) is 3.16. The molecule has 7 heteroatoms. The van der Waals surface area contributed by atoms with Crippen molar-refractivity contribution in [1.82, 2.24) is 4.90 Å². The van der Waals surface area contributed by atoms with Crippen LogP contribution in [0.2, 0.25) is 0 Å². The van der Waals surface area contributed by atoms with E-state index in [9.17, 15) is 14.6 Å². The Bertz CT molecular complexity index is 837. The molecule has 1 heterocycles. The van der Waals surface area contributed by atoms with Crippen molar-refractivity contribution in [2.24, 2.45) is 0 Å². The lowest BCUT2D eigenvalue weighted by molar-refractivity contribution is 0.148. The highest BCUT2D eigenvalue weighted by Crippen LogP contribution is 2.44. The fourth-order valence-electron chi connectivity index (χ4n) is 3.99. The summed E-state index contributed by atoms with van der Waals surface area (Å²) in [4.78, 5) is 2.33. The van der Waals surface area contributed by atoms with Gasteiger partial charge >= 0.3 is 0 Å². The van der Waals surface area contributed by atoms with E-state index in [1.165, 1.54) is 39.5 Å². The summed E-state index contributed by atoms with van der Waals surface area (Å²) in [5.74, 6) is -0.0161. The zero-order valence-electron chi connectivity index (χ0n) is 18.3. The van der Waals surface area contributed by atoms with Gasteiger partial charge in [0, 0.05) is 12.6 Å². The zero-order chi connectivity index (χ0) is 22.2. The van der Waals surface area contributed by atoms with Crippen LogP contribution in [0.15, 0.2) is 30.3 Å². The summed E-state index contributed by atoms with van der Waals surface area (Å²) in [5, 5.41) is 20.4. The third-order valence-electron chi connectivity index (χ3n) is 5.69. The molecule has 0 radical (unpaired) electrons. The molecule has 0 saturated carbocycles. The first kappa shape index (κ1) is 23.2. The number of hydrogen-bond acceptors (Lipinski definition) is 6. The molecule has 1 aliphatic heterocycles. The maximum absolute atomic E-state index is 14.6. The van der Waals surface area contributed by atoms with Crippen LogP contribution in [0.3, 0.4) is 0 Å². The maximum Gasteiger partial charge on any atom is 0.197 e. The van der Waals surface area contributed by atoms with Gasteiger partial charge in [0.1, 0.15) is 18.1 Å². The predicted octanol–water partition coefficient (Wildman–Crippen LogP) is 4.08. The van der Waals surface area contributed by atoms with Crippen LogP contribution in [-0.4, -0.2) is 55.6 Å². The third-order valence-corrected chi connectivity index (χ3v) is 5.69. The number of phenols is 1. The Labute approximate surface area is 183 Å². The minimum absolute atomic E-state index is 0.0295. The number of hydrogen-bond donors (Lipinski definition) is 2. The van der Waals surface area contributed by atoms with Crippen molar-refractivity contribution in [3.8, 4) is 23.0 Å². The Kier molecular flexibility index (Phi) is 8.37. The lowest BCUT2D eigenvalue weighted by Crippen LogP contribution is -2.33. The second-order valence-corrected chi connectivity index (χ2v) is 7.81. The van der Waals surface area contributed by atoms with Crippen molar-refractivity contribution in [3.05, 3.63) is 47.3 Å². The summed E-state index contributed by atoms with van der Waals surface area (Å²) in [5.41, 5.74) is 1.36. The summed E-state index contributed by atoms with van der Waals surface area (Å²) < 4.78 is 31.3. The molecule has 1 fully saturated rings. The minimum atomic E-state index is -0.941. The first-order valence-electron chi connectivity index (χ1n) is 10.8. The van der Waals surface area contributed by atoms with E-state index in [0.29, 0.717) is 25.0 Å². The Morgan fingerprint density at radius 2 is 1.74 bits per heavy atom. The average molecular weight is 434 g/mol. The number of piperidine rings is 1. The Morgan fingerprint density at radius 3 is 2.39 bits per heavy atom. The molecule has 3 rings (SSSR count).